The molecule has 0 radical (unpaired) electrons. The first-order valence-corrected chi connectivity index (χ1v) is 44.7. The maximum Gasteiger partial charge on any atom is 0.306 e. The summed E-state index contributed by atoms with van der Waals surface area (Å²) in [6, 6.07) is 0. The average molecular weight is 1370 g/mol. The van der Waals surface area contributed by atoms with Gasteiger partial charge in [0.05, 0.1) is 27.7 Å². The minimum absolute atomic E-state index is 0.0246. The zero-order chi connectivity index (χ0) is 69.0. The number of unbranched alkanes of at least 4 members (excludes halogenated alkanes) is 69. The van der Waals surface area contributed by atoms with E-state index in [0.717, 1.165) is 32.1 Å². The molecule has 0 fully saturated rings. The third-order valence-electron chi connectivity index (χ3n) is 20.4. The van der Waals surface area contributed by atoms with Crippen LogP contribution in [0, 0.1) is 0 Å². The Balaban J connectivity index is 3.84. The highest BCUT2D eigenvalue weighted by Crippen LogP contribution is 2.38. The molecule has 0 spiro atoms. The maximum absolute atomic E-state index is 12.9. The lowest BCUT2D eigenvalue weighted by Gasteiger charge is -2.28. The van der Waals surface area contributed by atoms with Gasteiger partial charge in [0.1, 0.15) is 19.8 Å². The van der Waals surface area contributed by atoms with E-state index in [1.165, 1.54) is 417 Å². The number of hydrogen-bond acceptors (Lipinski definition) is 8. The van der Waals surface area contributed by atoms with Gasteiger partial charge in [0.25, 0.3) is 7.82 Å². The molecule has 0 aromatic heterocycles. The minimum Gasteiger partial charge on any atom is -0.756 e. The molecule has 0 saturated heterocycles. The summed E-state index contributed by atoms with van der Waals surface area (Å²) >= 11 is 0. The number of phosphoric ester groups is 1. The van der Waals surface area contributed by atoms with Crippen LogP contribution in [0.4, 0.5) is 0 Å². The highest BCUT2D eigenvalue weighted by molar-refractivity contribution is 7.45. The van der Waals surface area contributed by atoms with Crippen LogP contribution in [0.5, 0.6) is 0 Å². The Morgan fingerprint density at radius 1 is 0.284 bits per heavy atom. The summed E-state index contributed by atoms with van der Waals surface area (Å²) in [5.41, 5.74) is 0. The number of quaternary nitrogens is 1. The lowest BCUT2D eigenvalue weighted by molar-refractivity contribution is -0.870. The molecule has 0 aliphatic rings. The Kier molecular flexibility index (Phi) is 76.4. The van der Waals surface area contributed by atoms with Crippen molar-refractivity contribution in [1.82, 2.24) is 0 Å². The summed E-state index contributed by atoms with van der Waals surface area (Å²) in [6.45, 7) is 4.36. The first-order chi connectivity index (χ1) is 46.5. The van der Waals surface area contributed by atoms with Crippen molar-refractivity contribution in [2.75, 3.05) is 47.5 Å². The van der Waals surface area contributed by atoms with Gasteiger partial charge in [-0.3, -0.25) is 14.2 Å². The summed E-state index contributed by atoms with van der Waals surface area (Å²) in [5, 5.41) is 0. The molecular weight excluding hydrogens is 1190 g/mol. The number of esters is 2. The van der Waals surface area contributed by atoms with Gasteiger partial charge in [0, 0.05) is 12.8 Å². The van der Waals surface area contributed by atoms with Crippen molar-refractivity contribution >= 4 is 19.8 Å². The van der Waals surface area contributed by atoms with E-state index in [2.05, 4.69) is 13.8 Å². The van der Waals surface area contributed by atoms with Crippen LogP contribution in [-0.2, 0) is 32.7 Å². The normalized spacial score (nSPS) is 12.9. The van der Waals surface area contributed by atoms with Crippen LogP contribution in [0.2, 0.25) is 0 Å². The number of carbonyl (C=O) groups is 2. The van der Waals surface area contributed by atoms with Gasteiger partial charge in [-0.15, -0.1) is 0 Å². The monoisotopic (exact) mass is 1360 g/mol. The predicted molar refractivity (Wildman–Crippen MR) is 412 cm³/mol. The topological polar surface area (TPSA) is 111 Å². The lowest BCUT2D eigenvalue weighted by Crippen LogP contribution is -2.37. The number of phosphoric acid groups is 1. The van der Waals surface area contributed by atoms with Gasteiger partial charge in [-0.05, 0) is 12.8 Å². The highest BCUT2D eigenvalue weighted by atomic mass is 31.2. The van der Waals surface area contributed by atoms with E-state index in [-0.39, 0.29) is 32.0 Å². The Hall–Kier alpha value is -0.990. The fourth-order valence-electron chi connectivity index (χ4n) is 13.8. The van der Waals surface area contributed by atoms with Crippen molar-refractivity contribution in [3.63, 3.8) is 0 Å². The third-order valence-corrected chi connectivity index (χ3v) is 21.3. The van der Waals surface area contributed by atoms with Gasteiger partial charge in [-0.2, -0.15) is 0 Å². The van der Waals surface area contributed by atoms with Crippen LogP contribution >= 0.6 is 7.82 Å². The summed E-state index contributed by atoms with van der Waals surface area (Å²) in [6.07, 6.45) is 97.0. The van der Waals surface area contributed by atoms with E-state index in [1.54, 1.807) is 0 Å². The third kappa shape index (κ3) is 81.9. The quantitative estimate of drug-likeness (QED) is 0.0256. The van der Waals surface area contributed by atoms with E-state index in [0.29, 0.717) is 17.4 Å². The molecule has 2 atom stereocenters. The Morgan fingerprint density at radius 3 is 0.674 bits per heavy atom. The van der Waals surface area contributed by atoms with Crippen molar-refractivity contribution in [2.24, 2.45) is 0 Å². The molecule has 0 bridgehead atoms. The van der Waals surface area contributed by atoms with Crippen molar-refractivity contribution in [3.05, 3.63) is 0 Å². The molecule has 95 heavy (non-hydrogen) atoms. The average Bonchev–Trinajstić information content (AvgIpc) is 1.80. The molecule has 0 rings (SSSR count). The van der Waals surface area contributed by atoms with E-state index < -0.39 is 26.5 Å². The van der Waals surface area contributed by atoms with Crippen LogP contribution in [-0.4, -0.2) is 70.0 Å². The summed E-state index contributed by atoms with van der Waals surface area (Å²) < 4.78 is 34.5. The van der Waals surface area contributed by atoms with Crippen molar-refractivity contribution < 1.29 is 42.1 Å². The van der Waals surface area contributed by atoms with Gasteiger partial charge in [0.15, 0.2) is 6.10 Å². The number of rotatable bonds is 83. The molecule has 10 heteroatoms. The summed E-state index contributed by atoms with van der Waals surface area (Å²) in [5.74, 6) is -0.799. The molecule has 0 N–H and O–H groups in total. The number of likely N-dealkylation sites (N-methyl/N-ethyl adjacent to an activating group) is 1. The number of hydrogen-bond donors (Lipinski definition) is 0. The molecule has 568 valence electrons. The van der Waals surface area contributed by atoms with E-state index >= 15 is 0 Å². The van der Waals surface area contributed by atoms with Gasteiger partial charge >= 0.3 is 11.9 Å². The number of nitrogens with zero attached hydrogens (tertiary/aromatic N) is 1. The van der Waals surface area contributed by atoms with Crippen LogP contribution in [0.3, 0.4) is 0 Å². The molecule has 0 amide bonds. The maximum atomic E-state index is 12.9. The number of ether oxygens (including phenoxy) is 2. The highest BCUT2D eigenvalue weighted by Gasteiger charge is 2.22. The van der Waals surface area contributed by atoms with Crippen molar-refractivity contribution in [2.45, 2.75) is 489 Å². The molecule has 0 heterocycles. The standard InChI is InChI=1S/C85H170NO8P/c1-6-8-10-12-14-16-18-20-22-24-26-28-30-32-34-36-38-40-42-43-44-46-48-50-52-54-56-58-60-62-64-66-68-70-72-74-76-78-85(88)94-83(82-93-95(89,90)92-80-79-86(3,4)5)81-91-84(87)77-75-73-71-69-67-65-63-61-59-57-55-53-51-49-47-45-41-39-37-35-33-31-29-27-25-23-21-19-17-15-13-11-9-7-2/h83H,6-82H2,1-5H3. The fraction of sp³-hybridized carbons (Fsp3) is 0.976. The molecular formula is C85H170NO8P. The summed E-state index contributed by atoms with van der Waals surface area (Å²) in [7, 11) is 1.20. The largest absolute Gasteiger partial charge is 0.756 e. The second-order valence-corrected chi connectivity index (χ2v) is 32.7. The second kappa shape index (κ2) is 77.2. The van der Waals surface area contributed by atoms with Gasteiger partial charge in [-0.1, -0.05) is 457 Å². The fourth-order valence-corrected chi connectivity index (χ4v) is 14.5. The first-order valence-electron chi connectivity index (χ1n) is 43.2. The predicted octanol–water partition coefficient (Wildman–Crippen LogP) is 28.2. The minimum atomic E-state index is -4.64. The molecule has 0 aromatic rings. The Labute approximate surface area is 594 Å². The van der Waals surface area contributed by atoms with Crippen LogP contribution < -0.4 is 4.89 Å². The lowest BCUT2D eigenvalue weighted by atomic mass is 10.0. The first kappa shape index (κ1) is 94.0. The summed E-state index contributed by atoms with van der Waals surface area (Å²) in [4.78, 5) is 38.2. The van der Waals surface area contributed by atoms with Crippen molar-refractivity contribution in [3.8, 4) is 0 Å². The number of carbonyl (C=O) groups excluding carboxylic acids is 2. The second-order valence-electron chi connectivity index (χ2n) is 31.3. The molecule has 2 unspecified atom stereocenters. The van der Waals surface area contributed by atoms with Gasteiger partial charge in [-0.25, -0.2) is 0 Å². The molecule has 0 aliphatic carbocycles. The molecule has 0 aromatic carbocycles. The van der Waals surface area contributed by atoms with Crippen molar-refractivity contribution in [1.29, 1.82) is 0 Å². The van der Waals surface area contributed by atoms with E-state index in [4.69, 9.17) is 18.5 Å². The Bertz CT molecular complexity index is 1560. The molecule has 9 nitrogen and oxygen atoms in total. The SMILES string of the molecule is CCCCCCCCCCCCCCCCCCCCCCCCCCCCCCCCCCCCCCCC(=O)OC(COC(=O)CCCCCCCCCCCCCCCCCCCCCCCCCCCCCCCCCCCC)COP(=O)([O-])OCC[N+](C)(C)C. The van der Waals surface area contributed by atoms with Gasteiger partial charge < -0.3 is 27.9 Å². The Morgan fingerprint density at radius 2 is 0.474 bits per heavy atom. The zero-order valence-electron chi connectivity index (χ0n) is 65.2. The van der Waals surface area contributed by atoms with Crippen LogP contribution in [0.1, 0.15) is 483 Å². The van der Waals surface area contributed by atoms with Crippen LogP contribution in [0.15, 0.2) is 0 Å². The van der Waals surface area contributed by atoms with Crippen LogP contribution in [0.25, 0.3) is 0 Å². The molecule has 0 aliphatic heterocycles. The van der Waals surface area contributed by atoms with Gasteiger partial charge in [0.2, 0.25) is 0 Å². The zero-order valence-corrected chi connectivity index (χ0v) is 66.1. The van der Waals surface area contributed by atoms with E-state index in [1.807, 2.05) is 21.1 Å². The van der Waals surface area contributed by atoms with E-state index in [9.17, 15) is 19.0 Å². The smallest absolute Gasteiger partial charge is 0.306 e. The molecule has 0 saturated carbocycles.